The largest absolute Gasteiger partial charge is 0.378 e. The van der Waals surface area contributed by atoms with Gasteiger partial charge in [0.25, 0.3) is 0 Å². The molecule has 1 aromatic carbocycles. The molecule has 0 bridgehead atoms. The van der Waals surface area contributed by atoms with E-state index in [1.807, 2.05) is 24.3 Å². The van der Waals surface area contributed by atoms with Crippen LogP contribution < -0.4 is 5.32 Å². The van der Waals surface area contributed by atoms with Crippen molar-refractivity contribution < 1.29 is 0 Å². The highest BCUT2D eigenvalue weighted by Gasteiger charge is 2.06. The minimum Gasteiger partial charge on any atom is -0.378 e. The zero-order valence-electron chi connectivity index (χ0n) is 11.3. The van der Waals surface area contributed by atoms with Gasteiger partial charge in [-0.15, -0.1) is 5.10 Å². The number of aryl methyl sites for hydroxylation is 1. The molecule has 6 heteroatoms. The molecule has 2 heterocycles. The van der Waals surface area contributed by atoms with E-state index in [0.29, 0.717) is 0 Å². The lowest BCUT2D eigenvalue weighted by molar-refractivity contribution is 0.723. The average Bonchev–Trinajstić information content (AvgIpc) is 3.16. The number of nitrogens with zero attached hydrogens (tertiary/aromatic N) is 5. The third kappa shape index (κ3) is 2.40. The Balaban J connectivity index is 1.81. The van der Waals surface area contributed by atoms with Gasteiger partial charge in [0.1, 0.15) is 6.33 Å². The number of aromatic nitrogens is 5. The fourth-order valence-electron chi connectivity index (χ4n) is 2.20. The van der Waals surface area contributed by atoms with Crippen molar-refractivity contribution in [3.8, 4) is 5.69 Å². The maximum atomic E-state index is 3.94. The minimum atomic E-state index is 0.764. The zero-order valence-corrected chi connectivity index (χ0v) is 11.3. The Bertz CT molecular complexity index is 671. The van der Waals surface area contributed by atoms with E-state index >= 15 is 0 Å². The van der Waals surface area contributed by atoms with Gasteiger partial charge in [0.2, 0.25) is 0 Å². The number of hydrogen-bond donors (Lipinski definition) is 1. The normalized spacial score (nSPS) is 10.7. The topological polar surface area (TPSA) is 60.6 Å². The molecular formula is C14H16N6. The van der Waals surface area contributed by atoms with Gasteiger partial charge >= 0.3 is 0 Å². The summed E-state index contributed by atoms with van der Waals surface area (Å²) in [6, 6.07) is 12.2. The zero-order chi connectivity index (χ0) is 13.8. The van der Waals surface area contributed by atoms with Crippen molar-refractivity contribution >= 4 is 5.69 Å². The van der Waals surface area contributed by atoms with Crippen LogP contribution in [-0.2, 0) is 13.1 Å². The molecular weight excluding hydrogens is 252 g/mol. The summed E-state index contributed by atoms with van der Waals surface area (Å²) < 4.78 is 3.87. The Labute approximate surface area is 117 Å². The van der Waals surface area contributed by atoms with Crippen LogP contribution in [0.2, 0.25) is 0 Å². The molecule has 0 spiro atoms. The quantitative estimate of drug-likeness (QED) is 0.769. The fourth-order valence-corrected chi connectivity index (χ4v) is 2.20. The van der Waals surface area contributed by atoms with Crippen LogP contribution >= 0.6 is 0 Å². The summed E-state index contributed by atoms with van der Waals surface area (Å²) in [7, 11) is 0. The SMILES string of the molecule is CCn1cccc1CNc1ccccc1-n1cnnn1. The van der Waals surface area contributed by atoms with E-state index in [4.69, 9.17) is 0 Å². The van der Waals surface area contributed by atoms with Crippen molar-refractivity contribution in [2.75, 3.05) is 5.32 Å². The number of benzene rings is 1. The number of hydrogen-bond acceptors (Lipinski definition) is 4. The Kier molecular flexibility index (Phi) is 3.45. The van der Waals surface area contributed by atoms with Crippen molar-refractivity contribution in [3.05, 3.63) is 54.6 Å². The van der Waals surface area contributed by atoms with Crippen LogP contribution in [0.15, 0.2) is 48.9 Å². The molecule has 0 radical (unpaired) electrons. The standard InChI is InChI=1S/C14H16N6/c1-2-19-9-5-6-12(19)10-15-13-7-3-4-8-14(13)20-11-16-17-18-20/h3-9,11,15H,2,10H2,1H3. The Morgan fingerprint density at radius 1 is 1.15 bits per heavy atom. The summed E-state index contributed by atoms with van der Waals surface area (Å²) in [5.74, 6) is 0. The molecule has 0 saturated heterocycles. The minimum absolute atomic E-state index is 0.764. The smallest absolute Gasteiger partial charge is 0.143 e. The molecule has 2 aromatic heterocycles. The van der Waals surface area contributed by atoms with Crippen molar-refractivity contribution in [2.24, 2.45) is 0 Å². The third-order valence-electron chi connectivity index (χ3n) is 3.22. The van der Waals surface area contributed by atoms with Gasteiger partial charge in [-0.25, -0.2) is 0 Å². The first-order valence-corrected chi connectivity index (χ1v) is 6.58. The first-order valence-electron chi connectivity index (χ1n) is 6.58. The first-order chi connectivity index (χ1) is 9.88. The lowest BCUT2D eigenvalue weighted by atomic mass is 10.2. The Hall–Kier alpha value is -2.63. The van der Waals surface area contributed by atoms with Gasteiger partial charge in [-0.2, -0.15) is 4.68 Å². The molecule has 3 aromatic rings. The molecule has 0 fully saturated rings. The maximum Gasteiger partial charge on any atom is 0.143 e. The molecule has 0 saturated carbocycles. The van der Waals surface area contributed by atoms with Crippen LogP contribution in [0.5, 0.6) is 0 Å². The molecule has 0 amide bonds. The van der Waals surface area contributed by atoms with Crippen molar-refractivity contribution in [3.63, 3.8) is 0 Å². The first kappa shape index (κ1) is 12.4. The molecule has 0 aliphatic heterocycles. The maximum absolute atomic E-state index is 3.94. The van der Waals surface area contributed by atoms with Crippen molar-refractivity contribution in [1.82, 2.24) is 24.8 Å². The number of para-hydroxylation sites is 2. The van der Waals surface area contributed by atoms with E-state index in [2.05, 4.69) is 50.7 Å². The van der Waals surface area contributed by atoms with Crippen molar-refractivity contribution in [2.45, 2.75) is 20.0 Å². The lowest BCUT2D eigenvalue weighted by Crippen LogP contribution is -2.08. The predicted molar refractivity (Wildman–Crippen MR) is 76.6 cm³/mol. The van der Waals surface area contributed by atoms with Crippen LogP contribution in [0.25, 0.3) is 5.69 Å². The Morgan fingerprint density at radius 2 is 2.05 bits per heavy atom. The second-order valence-corrected chi connectivity index (χ2v) is 4.41. The molecule has 20 heavy (non-hydrogen) atoms. The molecule has 102 valence electrons. The number of nitrogens with one attached hydrogen (secondary N) is 1. The van der Waals surface area contributed by atoms with Gasteiger partial charge in [-0.05, 0) is 41.6 Å². The number of tetrazole rings is 1. The summed E-state index contributed by atoms with van der Waals surface area (Å²) in [6.07, 6.45) is 3.68. The van der Waals surface area contributed by atoms with Gasteiger partial charge < -0.3 is 9.88 Å². The van der Waals surface area contributed by atoms with Gasteiger partial charge in [0.15, 0.2) is 0 Å². The van der Waals surface area contributed by atoms with Crippen molar-refractivity contribution in [1.29, 1.82) is 0 Å². The Morgan fingerprint density at radius 3 is 2.85 bits per heavy atom. The van der Waals surface area contributed by atoms with Crippen LogP contribution in [0.1, 0.15) is 12.6 Å². The van der Waals surface area contributed by atoms with Crippen LogP contribution in [0, 0.1) is 0 Å². The molecule has 6 nitrogen and oxygen atoms in total. The molecule has 0 atom stereocenters. The highest BCUT2D eigenvalue weighted by atomic mass is 15.5. The molecule has 3 rings (SSSR count). The van der Waals surface area contributed by atoms with E-state index in [-0.39, 0.29) is 0 Å². The van der Waals surface area contributed by atoms with Gasteiger partial charge in [-0.3, -0.25) is 0 Å². The van der Waals surface area contributed by atoms with E-state index in [9.17, 15) is 0 Å². The van der Waals surface area contributed by atoms with Crippen LogP contribution in [0.4, 0.5) is 5.69 Å². The monoisotopic (exact) mass is 268 g/mol. The predicted octanol–water partition coefficient (Wildman–Crippen LogP) is 2.10. The molecule has 0 aliphatic rings. The summed E-state index contributed by atoms with van der Waals surface area (Å²) in [5, 5.41) is 14.7. The highest BCUT2D eigenvalue weighted by Crippen LogP contribution is 2.19. The molecule has 0 unspecified atom stereocenters. The van der Waals surface area contributed by atoms with E-state index in [1.165, 1.54) is 5.69 Å². The molecule has 1 N–H and O–H groups in total. The second-order valence-electron chi connectivity index (χ2n) is 4.41. The second kappa shape index (κ2) is 5.56. The highest BCUT2D eigenvalue weighted by molar-refractivity contribution is 5.60. The number of anilines is 1. The third-order valence-corrected chi connectivity index (χ3v) is 3.22. The van der Waals surface area contributed by atoms with Gasteiger partial charge in [0.05, 0.1) is 17.9 Å². The van der Waals surface area contributed by atoms with Crippen LogP contribution in [-0.4, -0.2) is 24.8 Å². The van der Waals surface area contributed by atoms with Crippen LogP contribution in [0.3, 0.4) is 0 Å². The van der Waals surface area contributed by atoms with Gasteiger partial charge in [0, 0.05) is 18.4 Å². The van der Waals surface area contributed by atoms with E-state index in [1.54, 1.807) is 11.0 Å². The fraction of sp³-hybridized carbons (Fsp3) is 0.214. The average molecular weight is 268 g/mol. The van der Waals surface area contributed by atoms with E-state index in [0.717, 1.165) is 24.5 Å². The van der Waals surface area contributed by atoms with E-state index < -0.39 is 0 Å². The number of rotatable bonds is 5. The molecule has 0 aliphatic carbocycles. The summed E-state index contributed by atoms with van der Waals surface area (Å²) in [6.45, 7) is 3.87. The lowest BCUT2D eigenvalue weighted by Gasteiger charge is -2.12. The summed E-state index contributed by atoms with van der Waals surface area (Å²) in [4.78, 5) is 0. The summed E-state index contributed by atoms with van der Waals surface area (Å²) >= 11 is 0. The van der Waals surface area contributed by atoms with Gasteiger partial charge in [-0.1, -0.05) is 12.1 Å². The summed E-state index contributed by atoms with van der Waals surface area (Å²) in [5.41, 5.74) is 3.19.